The van der Waals surface area contributed by atoms with Gasteiger partial charge in [0.1, 0.15) is 5.56 Å². The average Bonchev–Trinajstić information content (AvgIpc) is 2.49. The highest BCUT2D eigenvalue weighted by Crippen LogP contribution is 2.18. The Morgan fingerprint density at radius 1 is 1.05 bits per heavy atom. The van der Waals surface area contributed by atoms with Gasteiger partial charge in [-0.05, 0) is 16.8 Å². The number of benzene rings is 2. The van der Waals surface area contributed by atoms with E-state index in [-0.39, 0.29) is 12.4 Å². The van der Waals surface area contributed by atoms with Crippen LogP contribution in [0.25, 0.3) is 10.8 Å². The van der Waals surface area contributed by atoms with Gasteiger partial charge in [0.25, 0.3) is 5.91 Å². The highest BCUT2D eigenvalue weighted by atomic mass is 35.5. The molecule has 4 heteroatoms. The Kier molecular flexibility index (Phi) is 4.78. The number of halogens is 1. The summed E-state index contributed by atoms with van der Waals surface area (Å²) in [5.41, 5.74) is 8.21. The number of pyridine rings is 1. The van der Waals surface area contributed by atoms with Gasteiger partial charge in [-0.15, -0.1) is 0 Å². The van der Waals surface area contributed by atoms with Crippen molar-refractivity contribution >= 4 is 16.7 Å². The number of amides is 1. The number of primary amides is 1. The van der Waals surface area contributed by atoms with E-state index >= 15 is 0 Å². The molecule has 0 saturated heterocycles. The van der Waals surface area contributed by atoms with Gasteiger partial charge in [-0.25, -0.2) is 0 Å². The molecule has 0 saturated carbocycles. The van der Waals surface area contributed by atoms with E-state index < -0.39 is 5.91 Å². The van der Waals surface area contributed by atoms with Crippen LogP contribution in [0.5, 0.6) is 0 Å². The van der Waals surface area contributed by atoms with Gasteiger partial charge in [-0.1, -0.05) is 42.5 Å². The Labute approximate surface area is 135 Å². The van der Waals surface area contributed by atoms with Gasteiger partial charge in [-0.3, -0.25) is 4.79 Å². The molecule has 22 heavy (non-hydrogen) atoms. The minimum Gasteiger partial charge on any atom is -1.00 e. The van der Waals surface area contributed by atoms with Gasteiger partial charge in [0, 0.05) is 18.6 Å². The Morgan fingerprint density at radius 3 is 2.55 bits per heavy atom. The first kappa shape index (κ1) is 16.0. The number of hydrogen-bond acceptors (Lipinski definition) is 1. The molecule has 1 aromatic heterocycles. The molecule has 1 heterocycles. The topological polar surface area (TPSA) is 47.0 Å². The standard InChI is InChI=1S/C18H16N2O.ClH/c1-13-9-10-16(18(19)21)12-20(13)11-15-7-4-6-14-5-2-3-8-17(14)15;/h2-10,12H,11H2,1H3,(H-,19,21);1H. The van der Waals surface area contributed by atoms with Gasteiger partial charge in [0.05, 0.1) is 0 Å². The lowest BCUT2D eigenvalue weighted by Gasteiger charge is -2.06. The van der Waals surface area contributed by atoms with Crippen LogP contribution in [0.4, 0.5) is 0 Å². The molecule has 0 aliphatic rings. The highest BCUT2D eigenvalue weighted by molar-refractivity contribution is 5.92. The smallest absolute Gasteiger partial charge is 0.254 e. The van der Waals surface area contributed by atoms with Crippen molar-refractivity contribution in [3.05, 3.63) is 77.6 Å². The molecule has 0 atom stereocenters. The highest BCUT2D eigenvalue weighted by Gasteiger charge is 2.13. The van der Waals surface area contributed by atoms with Crippen molar-refractivity contribution in [2.45, 2.75) is 13.5 Å². The van der Waals surface area contributed by atoms with Crippen molar-refractivity contribution in [2.24, 2.45) is 5.73 Å². The fourth-order valence-corrected chi connectivity index (χ4v) is 2.55. The number of aromatic nitrogens is 1. The van der Waals surface area contributed by atoms with Gasteiger partial charge in [-0.2, -0.15) is 4.57 Å². The van der Waals surface area contributed by atoms with E-state index in [0.29, 0.717) is 12.1 Å². The molecule has 1 amide bonds. The molecule has 0 unspecified atom stereocenters. The molecule has 0 fully saturated rings. The number of carbonyl (C=O) groups excluding carboxylic acids is 1. The van der Waals surface area contributed by atoms with E-state index in [1.165, 1.54) is 16.3 Å². The maximum absolute atomic E-state index is 11.3. The van der Waals surface area contributed by atoms with Crippen LogP contribution in [0.15, 0.2) is 60.8 Å². The summed E-state index contributed by atoms with van der Waals surface area (Å²) >= 11 is 0. The van der Waals surface area contributed by atoms with Gasteiger partial charge in [0.15, 0.2) is 18.4 Å². The van der Waals surface area contributed by atoms with E-state index in [4.69, 9.17) is 5.73 Å². The van der Waals surface area contributed by atoms with Crippen LogP contribution >= 0.6 is 0 Å². The number of carbonyl (C=O) groups is 1. The number of rotatable bonds is 3. The lowest BCUT2D eigenvalue weighted by molar-refractivity contribution is -0.694. The van der Waals surface area contributed by atoms with Crippen LogP contribution in [0.1, 0.15) is 21.6 Å². The molecular weight excluding hydrogens is 296 g/mol. The summed E-state index contributed by atoms with van der Waals surface area (Å²) in [4.78, 5) is 11.3. The summed E-state index contributed by atoms with van der Waals surface area (Å²) < 4.78 is 2.06. The SMILES string of the molecule is Cc1ccc(C(N)=O)c[n+]1Cc1cccc2ccccc12.[Cl-]. The first-order valence-corrected chi connectivity index (χ1v) is 6.92. The van der Waals surface area contributed by atoms with Crippen LogP contribution in [-0.2, 0) is 6.54 Å². The predicted molar refractivity (Wildman–Crippen MR) is 82.9 cm³/mol. The summed E-state index contributed by atoms with van der Waals surface area (Å²) in [6.07, 6.45) is 1.82. The Hall–Kier alpha value is -2.39. The average molecular weight is 313 g/mol. The number of nitrogens with zero attached hydrogens (tertiary/aromatic N) is 1. The Balaban J connectivity index is 0.00000176. The molecule has 3 aromatic rings. The summed E-state index contributed by atoms with van der Waals surface area (Å²) in [7, 11) is 0. The second kappa shape index (κ2) is 6.58. The van der Waals surface area contributed by atoms with Crippen LogP contribution in [0.3, 0.4) is 0 Å². The van der Waals surface area contributed by atoms with Crippen LogP contribution in [0, 0.1) is 6.92 Å². The molecule has 3 nitrogen and oxygen atoms in total. The molecule has 0 bridgehead atoms. The molecule has 0 aliphatic heterocycles. The molecule has 0 aliphatic carbocycles. The normalized spacial score (nSPS) is 10.2. The zero-order valence-electron chi connectivity index (χ0n) is 12.3. The van der Waals surface area contributed by atoms with E-state index in [0.717, 1.165) is 5.69 Å². The van der Waals surface area contributed by atoms with Crippen molar-refractivity contribution in [1.29, 1.82) is 0 Å². The van der Waals surface area contributed by atoms with E-state index in [1.54, 1.807) is 6.07 Å². The predicted octanol–water partition coefficient (Wildman–Crippen LogP) is -0.413. The summed E-state index contributed by atoms with van der Waals surface area (Å²) in [5.74, 6) is -0.401. The summed E-state index contributed by atoms with van der Waals surface area (Å²) in [6, 6.07) is 18.3. The third-order valence-corrected chi connectivity index (χ3v) is 3.76. The van der Waals surface area contributed by atoms with Gasteiger partial charge < -0.3 is 18.1 Å². The maximum atomic E-state index is 11.3. The van der Waals surface area contributed by atoms with Gasteiger partial charge >= 0.3 is 0 Å². The molecule has 0 spiro atoms. The van der Waals surface area contributed by atoms with Crippen LogP contribution in [-0.4, -0.2) is 5.91 Å². The zero-order valence-corrected chi connectivity index (χ0v) is 13.0. The van der Waals surface area contributed by atoms with Crippen molar-refractivity contribution in [1.82, 2.24) is 0 Å². The van der Waals surface area contributed by atoms with E-state index in [1.807, 2.05) is 31.3 Å². The lowest BCUT2D eigenvalue weighted by atomic mass is 10.0. The maximum Gasteiger partial charge on any atom is 0.254 e. The Morgan fingerprint density at radius 2 is 1.77 bits per heavy atom. The lowest BCUT2D eigenvalue weighted by Crippen LogP contribution is -3.00. The van der Waals surface area contributed by atoms with Crippen LogP contribution < -0.4 is 22.7 Å². The molecule has 2 N–H and O–H groups in total. The molecule has 0 radical (unpaired) electrons. The van der Waals surface area contributed by atoms with Crippen LogP contribution in [0.2, 0.25) is 0 Å². The fraction of sp³-hybridized carbons (Fsp3) is 0.111. The van der Waals surface area contributed by atoms with Gasteiger partial charge in [0.2, 0.25) is 0 Å². The molecule has 112 valence electrons. The second-order valence-corrected chi connectivity index (χ2v) is 5.19. The first-order chi connectivity index (χ1) is 10.1. The number of hydrogen-bond donors (Lipinski definition) is 1. The zero-order chi connectivity index (χ0) is 14.8. The molecular formula is C18H17ClN2O. The monoisotopic (exact) mass is 312 g/mol. The number of aryl methyl sites for hydroxylation is 1. The number of nitrogens with two attached hydrogens (primary N) is 1. The minimum absolute atomic E-state index is 0. The third-order valence-electron chi connectivity index (χ3n) is 3.76. The van der Waals surface area contributed by atoms with E-state index in [2.05, 4.69) is 34.9 Å². The number of fused-ring (bicyclic) bond motifs is 1. The van der Waals surface area contributed by atoms with Crippen molar-refractivity contribution < 1.29 is 21.8 Å². The van der Waals surface area contributed by atoms with E-state index in [9.17, 15) is 4.79 Å². The molecule has 2 aromatic carbocycles. The quantitative estimate of drug-likeness (QED) is 0.657. The molecule has 3 rings (SSSR count). The summed E-state index contributed by atoms with van der Waals surface area (Å²) in [5, 5.41) is 2.45. The van der Waals surface area contributed by atoms with Crippen molar-refractivity contribution in [2.75, 3.05) is 0 Å². The minimum atomic E-state index is -0.401. The largest absolute Gasteiger partial charge is 1.00 e. The second-order valence-electron chi connectivity index (χ2n) is 5.19. The summed E-state index contributed by atoms with van der Waals surface area (Å²) in [6.45, 7) is 2.74. The third kappa shape index (κ3) is 3.10. The van der Waals surface area contributed by atoms with Crippen molar-refractivity contribution in [3.63, 3.8) is 0 Å². The Bertz CT molecular complexity index is 825. The van der Waals surface area contributed by atoms with Crippen molar-refractivity contribution in [3.8, 4) is 0 Å². The fourth-order valence-electron chi connectivity index (χ4n) is 2.55. The first-order valence-electron chi connectivity index (χ1n) is 6.92.